The van der Waals surface area contributed by atoms with Gasteiger partial charge in [-0.15, -0.1) is 0 Å². The highest BCUT2D eigenvalue weighted by Crippen LogP contribution is 2.15. The Labute approximate surface area is 232 Å². The van der Waals surface area contributed by atoms with Gasteiger partial charge in [0.2, 0.25) is 11.9 Å². The van der Waals surface area contributed by atoms with Crippen LogP contribution in [0, 0.1) is 18.7 Å². The van der Waals surface area contributed by atoms with Crippen molar-refractivity contribution in [2.45, 2.75) is 72.2 Å². The first-order valence-corrected chi connectivity index (χ1v) is 13.0. The average molecular weight is 574 g/mol. The second-order valence-corrected chi connectivity index (χ2v) is 9.71. The third-order valence-electron chi connectivity index (χ3n) is 5.12. The summed E-state index contributed by atoms with van der Waals surface area (Å²) in [6.45, 7) is 11.9. The lowest BCUT2D eigenvalue weighted by Gasteiger charge is -2.21. The van der Waals surface area contributed by atoms with Crippen molar-refractivity contribution in [2.75, 3.05) is 30.3 Å². The number of ether oxygens (including phenoxy) is 1. The van der Waals surface area contributed by atoms with Crippen molar-refractivity contribution in [3.05, 3.63) is 47.4 Å². The van der Waals surface area contributed by atoms with Gasteiger partial charge in [0.25, 0.3) is 0 Å². The molecule has 0 aliphatic heterocycles. The number of halogens is 4. The molecule has 1 aromatic heterocycles. The Kier molecular flexibility index (Phi) is 14.9. The number of carbonyl (C=O) groups is 2. The number of benzene rings is 1. The SMILES string of the molecule is Cc1cc(N[C@@H](CC(C)C)C(=O)NCCCOC(C)C)nc(NCCc2ccc(F)cc2)n1.O=C(O)C(F)(F)F. The van der Waals surface area contributed by atoms with Gasteiger partial charge in [0.15, 0.2) is 0 Å². The van der Waals surface area contributed by atoms with E-state index in [1.807, 2.05) is 26.8 Å². The Morgan fingerprint density at radius 2 is 1.68 bits per heavy atom. The molecule has 0 spiro atoms. The molecule has 0 unspecified atom stereocenters. The van der Waals surface area contributed by atoms with Crippen LogP contribution in [0.15, 0.2) is 30.3 Å². The lowest BCUT2D eigenvalue weighted by molar-refractivity contribution is -0.192. The Hall–Kier alpha value is -3.48. The molecule has 13 heteroatoms. The van der Waals surface area contributed by atoms with E-state index in [1.54, 1.807) is 12.1 Å². The second kappa shape index (κ2) is 17.3. The first-order chi connectivity index (χ1) is 18.7. The number of aryl methyl sites for hydroxylation is 1. The number of hydrogen-bond donors (Lipinski definition) is 4. The van der Waals surface area contributed by atoms with Gasteiger partial charge in [0.05, 0.1) is 6.10 Å². The third kappa shape index (κ3) is 15.2. The van der Waals surface area contributed by atoms with Crippen molar-refractivity contribution in [3.8, 4) is 0 Å². The molecule has 0 bridgehead atoms. The maximum Gasteiger partial charge on any atom is 0.490 e. The van der Waals surface area contributed by atoms with E-state index in [4.69, 9.17) is 14.6 Å². The molecule has 4 N–H and O–H groups in total. The van der Waals surface area contributed by atoms with E-state index in [1.165, 1.54) is 12.1 Å². The number of anilines is 2. The summed E-state index contributed by atoms with van der Waals surface area (Å²) in [5, 5.41) is 16.6. The molecular weight excluding hydrogens is 534 g/mol. The first-order valence-electron chi connectivity index (χ1n) is 13.0. The van der Waals surface area contributed by atoms with E-state index >= 15 is 0 Å². The predicted octanol–water partition coefficient (Wildman–Crippen LogP) is 4.97. The summed E-state index contributed by atoms with van der Waals surface area (Å²) in [5.74, 6) is -1.60. The summed E-state index contributed by atoms with van der Waals surface area (Å²) in [6, 6.07) is 7.89. The van der Waals surface area contributed by atoms with Crippen LogP contribution in [-0.2, 0) is 20.7 Å². The van der Waals surface area contributed by atoms with Crippen molar-refractivity contribution in [2.24, 2.45) is 5.92 Å². The van der Waals surface area contributed by atoms with E-state index in [0.717, 1.165) is 24.1 Å². The number of nitrogens with zero attached hydrogens (tertiary/aromatic N) is 2. The summed E-state index contributed by atoms with van der Waals surface area (Å²) in [5.41, 5.74) is 1.83. The summed E-state index contributed by atoms with van der Waals surface area (Å²) in [4.78, 5) is 30.7. The van der Waals surface area contributed by atoms with Crippen molar-refractivity contribution >= 4 is 23.6 Å². The standard InChI is InChI=1S/C25H38FN5O2.C2HF3O2/c1-17(2)15-22(24(32)27-12-6-14-33-18(3)4)30-23-16-19(5)29-25(31-23)28-13-11-20-7-9-21(26)10-8-20;3-2(4,5)1(6)7/h7-10,16-18,22H,6,11-15H2,1-5H3,(H,27,32)(H2,28,29,30,31);(H,6,7)/t22-;/m0./s1. The van der Waals surface area contributed by atoms with Crippen LogP contribution in [0.3, 0.4) is 0 Å². The molecule has 0 radical (unpaired) electrons. The number of aromatic nitrogens is 2. The van der Waals surface area contributed by atoms with E-state index in [2.05, 4.69) is 39.8 Å². The Morgan fingerprint density at radius 3 is 2.23 bits per heavy atom. The molecule has 1 amide bonds. The van der Waals surface area contributed by atoms with Crippen LogP contribution in [0.4, 0.5) is 29.3 Å². The van der Waals surface area contributed by atoms with Gasteiger partial charge in [0.1, 0.15) is 17.7 Å². The summed E-state index contributed by atoms with van der Waals surface area (Å²) >= 11 is 0. The van der Waals surface area contributed by atoms with Gasteiger partial charge in [0, 0.05) is 31.5 Å². The molecule has 40 heavy (non-hydrogen) atoms. The minimum absolute atomic E-state index is 0.0460. The number of carboxylic acid groups (broad SMARTS) is 1. The van der Waals surface area contributed by atoms with Gasteiger partial charge in [-0.25, -0.2) is 14.2 Å². The Bertz CT molecular complexity index is 1050. The van der Waals surface area contributed by atoms with Gasteiger partial charge >= 0.3 is 12.1 Å². The van der Waals surface area contributed by atoms with E-state index < -0.39 is 18.2 Å². The fraction of sp³-hybridized carbons (Fsp3) is 0.556. The van der Waals surface area contributed by atoms with Crippen LogP contribution in [0.2, 0.25) is 0 Å². The quantitative estimate of drug-likeness (QED) is 0.184. The monoisotopic (exact) mass is 573 g/mol. The minimum Gasteiger partial charge on any atom is -0.475 e. The van der Waals surface area contributed by atoms with Crippen LogP contribution < -0.4 is 16.0 Å². The van der Waals surface area contributed by atoms with Gasteiger partial charge in [-0.05, 0) is 63.6 Å². The molecule has 1 atom stereocenters. The molecule has 224 valence electrons. The van der Waals surface area contributed by atoms with Crippen LogP contribution >= 0.6 is 0 Å². The second-order valence-electron chi connectivity index (χ2n) is 9.71. The molecule has 9 nitrogen and oxygen atoms in total. The number of aliphatic carboxylic acids is 1. The van der Waals surface area contributed by atoms with Gasteiger partial charge in [-0.3, -0.25) is 4.79 Å². The molecule has 1 aromatic carbocycles. The van der Waals surface area contributed by atoms with Crippen LogP contribution in [0.5, 0.6) is 0 Å². The zero-order valence-electron chi connectivity index (χ0n) is 23.4. The summed E-state index contributed by atoms with van der Waals surface area (Å²) in [7, 11) is 0. The van der Waals surface area contributed by atoms with Gasteiger partial charge < -0.3 is 25.8 Å². The van der Waals surface area contributed by atoms with Crippen molar-refractivity contribution < 1.29 is 37.0 Å². The molecule has 0 aliphatic rings. The lowest BCUT2D eigenvalue weighted by atomic mass is 10.0. The van der Waals surface area contributed by atoms with Crippen LogP contribution in [-0.4, -0.2) is 65.0 Å². The molecule has 0 aliphatic carbocycles. The summed E-state index contributed by atoms with van der Waals surface area (Å²) < 4.78 is 50.3. The van der Waals surface area contributed by atoms with E-state index in [0.29, 0.717) is 43.8 Å². The van der Waals surface area contributed by atoms with Crippen molar-refractivity contribution in [1.29, 1.82) is 0 Å². The molecular formula is C27H39F4N5O4. The smallest absolute Gasteiger partial charge is 0.475 e. The fourth-order valence-corrected chi connectivity index (χ4v) is 3.30. The van der Waals surface area contributed by atoms with E-state index in [-0.39, 0.29) is 17.8 Å². The predicted molar refractivity (Wildman–Crippen MR) is 145 cm³/mol. The normalized spacial score (nSPS) is 12.0. The largest absolute Gasteiger partial charge is 0.490 e. The molecule has 0 saturated carbocycles. The molecule has 1 heterocycles. The lowest BCUT2D eigenvalue weighted by Crippen LogP contribution is -2.41. The zero-order chi connectivity index (χ0) is 30.3. The minimum atomic E-state index is -5.08. The highest BCUT2D eigenvalue weighted by atomic mass is 19.4. The van der Waals surface area contributed by atoms with Crippen LogP contribution in [0.1, 0.15) is 51.8 Å². The summed E-state index contributed by atoms with van der Waals surface area (Å²) in [6.07, 6.45) is -2.72. The maximum absolute atomic E-state index is 13.1. The van der Waals surface area contributed by atoms with Crippen molar-refractivity contribution in [3.63, 3.8) is 0 Å². The van der Waals surface area contributed by atoms with Gasteiger partial charge in [-0.1, -0.05) is 26.0 Å². The van der Waals surface area contributed by atoms with Crippen LogP contribution in [0.25, 0.3) is 0 Å². The number of hydrogen-bond acceptors (Lipinski definition) is 7. The van der Waals surface area contributed by atoms with E-state index in [9.17, 15) is 22.4 Å². The van der Waals surface area contributed by atoms with Crippen molar-refractivity contribution in [1.82, 2.24) is 15.3 Å². The number of nitrogens with one attached hydrogen (secondary N) is 3. The molecule has 2 rings (SSSR count). The van der Waals surface area contributed by atoms with Gasteiger partial charge in [-0.2, -0.15) is 18.2 Å². The Morgan fingerprint density at radius 1 is 1.05 bits per heavy atom. The number of carbonyl (C=O) groups excluding carboxylic acids is 1. The number of alkyl halides is 3. The number of carboxylic acids is 1. The molecule has 2 aromatic rings. The topological polar surface area (TPSA) is 125 Å². The zero-order valence-corrected chi connectivity index (χ0v) is 23.4. The molecule has 0 saturated heterocycles. The number of amides is 1. The Balaban J connectivity index is 0.00000101. The maximum atomic E-state index is 13.1. The number of rotatable bonds is 14. The third-order valence-corrected chi connectivity index (χ3v) is 5.12. The highest BCUT2D eigenvalue weighted by molar-refractivity contribution is 5.84. The first kappa shape index (κ1) is 34.5. The molecule has 0 fully saturated rings. The fourth-order valence-electron chi connectivity index (χ4n) is 3.30. The average Bonchev–Trinajstić information content (AvgIpc) is 2.83. The highest BCUT2D eigenvalue weighted by Gasteiger charge is 2.38.